The van der Waals surface area contributed by atoms with Crippen molar-refractivity contribution in [3.63, 3.8) is 0 Å². The number of para-hydroxylation sites is 1. The van der Waals surface area contributed by atoms with Crippen LogP contribution in [0.4, 0.5) is 5.69 Å². The normalized spacial score (nSPS) is 16.9. The molecule has 0 bridgehead atoms. The van der Waals surface area contributed by atoms with Gasteiger partial charge in [-0.15, -0.1) is 0 Å². The maximum Gasteiger partial charge on any atom is 0.282 e. The Morgan fingerprint density at radius 1 is 0.905 bits per heavy atom. The highest BCUT2D eigenvalue weighted by atomic mass is 16.2. The fourth-order valence-corrected chi connectivity index (χ4v) is 2.34. The van der Waals surface area contributed by atoms with Crippen LogP contribution in [-0.2, 0) is 9.59 Å². The first kappa shape index (κ1) is 13.1. The maximum absolute atomic E-state index is 12.5. The molecule has 1 aliphatic rings. The zero-order valence-electron chi connectivity index (χ0n) is 11.5. The molecule has 0 aromatic heterocycles. The van der Waals surface area contributed by atoms with E-state index in [0.29, 0.717) is 11.3 Å². The molecule has 4 heteroatoms. The van der Waals surface area contributed by atoms with Crippen LogP contribution < -0.4 is 10.4 Å². The van der Waals surface area contributed by atoms with Crippen LogP contribution >= 0.6 is 0 Å². The summed E-state index contributed by atoms with van der Waals surface area (Å²) in [6, 6.07) is 18.5. The van der Waals surface area contributed by atoms with Gasteiger partial charge in [-0.3, -0.25) is 15.0 Å². The second kappa shape index (κ2) is 5.25. The van der Waals surface area contributed by atoms with Gasteiger partial charge in [0.1, 0.15) is 5.57 Å². The number of benzene rings is 2. The lowest BCUT2D eigenvalue weighted by Crippen LogP contribution is -2.35. The molecule has 2 aromatic rings. The lowest BCUT2D eigenvalue weighted by molar-refractivity contribution is -0.117. The highest BCUT2D eigenvalue weighted by Crippen LogP contribution is 2.25. The van der Waals surface area contributed by atoms with Gasteiger partial charge in [-0.25, -0.2) is 5.01 Å². The summed E-state index contributed by atoms with van der Waals surface area (Å²) in [4.78, 5) is 24.7. The molecule has 1 saturated heterocycles. The van der Waals surface area contributed by atoms with Crippen LogP contribution in [0, 0.1) is 0 Å². The van der Waals surface area contributed by atoms with Crippen LogP contribution in [0.25, 0.3) is 5.57 Å². The van der Waals surface area contributed by atoms with Crippen molar-refractivity contribution in [1.29, 1.82) is 0 Å². The van der Waals surface area contributed by atoms with Gasteiger partial charge in [-0.05, 0) is 30.2 Å². The Hall–Kier alpha value is -2.88. The van der Waals surface area contributed by atoms with Gasteiger partial charge in [-0.1, -0.05) is 48.5 Å². The van der Waals surface area contributed by atoms with Crippen LogP contribution in [0.2, 0.25) is 0 Å². The number of hydrogen-bond donors (Lipinski definition) is 1. The molecule has 1 aliphatic heterocycles. The number of amides is 2. The number of allylic oxidation sites excluding steroid dienone is 1. The number of anilines is 1. The average Bonchev–Trinajstić information content (AvgIpc) is 2.83. The molecule has 0 spiro atoms. The number of rotatable bonds is 2. The van der Waals surface area contributed by atoms with E-state index >= 15 is 0 Å². The minimum absolute atomic E-state index is 0.185. The van der Waals surface area contributed by atoms with Crippen LogP contribution in [0.3, 0.4) is 0 Å². The number of nitrogens with one attached hydrogen (secondary N) is 1. The van der Waals surface area contributed by atoms with Crippen LogP contribution in [0.15, 0.2) is 66.2 Å². The summed E-state index contributed by atoms with van der Waals surface area (Å²) in [6.07, 6.45) is 0. The predicted octanol–water partition coefficient (Wildman–Crippen LogP) is 2.54. The SMILES string of the molecule is C/C(=C1/C(=O)NN(c2ccccc2)C1=O)c1ccccc1. The first-order valence-electron chi connectivity index (χ1n) is 6.65. The summed E-state index contributed by atoms with van der Waals surface area (Å²) in [7, 11) is 0. The van der Waals surface area contributed by atoms with Crippen molar-refractivity contribution < 1.29 is 9.59 Å². The zero-order chi connectivity index (χ0) is 14.8. The highest BCUT2D eigenvalue weighted by molar-refractivity contribution is 6.32. The van der Waals surface area contributed by atoms with Crippen LogP contribution in [-0.4, -0.2) is 11.8 Å². The van der Waals surface area contributed by atoms with E-state index in [4.69, 9.17) is 0 Å². The Balaban J connectivity index is 2.02. The third kappa shape index (κ3) is 2.31. The lowest BCUT2D eigenvalue weighted by atomic mass is 10.0. The van der Waals surface area contributed by atoms with Gasteiger partial charge in [0, 0.05) is 0 Å². The Bertz CT molecular complexity index is 721. The molecule has 4 nitrogen and oxygen atoms in total. The molecule has 0 unspecified atom stereocenters. The fraction of sp³-hybridized carbons (Fsp3) is 0.0588. The summed E-state index contributed by atoms with van der Waals surface area (Å²) < 4.78 is 0. The van der Waals surface area contributed by atoms with Crippen molar-refractivity contribution in [2.45, 2.75) is 6.92 Å². The lowest BCUT2D eigenvalue weighted by Gasteiger charge is -2.14. The molecule has 0 aliphatic carbocycles. The molecular formula is C17H14N2O2. The largest absolute Gasteiger partial charge is 0.282 e. The number of hydrogen-bond acceptors (Lipinski definition) is 2. The smallest absolute Gasteiger partial charge is 0.267 e. The third-order valence-corrected chi connectivity index (χ3v) is 3.45. The minimum Gasteiger partial charge on any atom is -0.267 e. The van der Waals surface area contributed by atoms with Gasteiger partial charge in [0.15, 0.2) is 0 Å². The van der Waals surface area contributed by atoms with E-state index in [9.17, 15) is 9.59 Å². The summed E-state index contributed by atoms with van der Waals surface area (Å²) in [5.74, 6) is -0.697. The first-order valence-corrected chi connectivity index (χ1v) is 6.65. The molecule has 104 valence electrons. The second-order valence-electron chi connectivity index (χ2n) is 4.78. The van der Waals surface area contributed by atoms with E-state index in [0.717, 1.165) is 5.56 Å². The number of carbonyl (C=O) groups is 2. The zero-order valence-corrected chi connectivity index (χ0v) is 11.5. The molecule has 1 N–H and O–H groups in total. The number of hydrazine groups is 1. The fourth-order valence-electron chi connectivity index (χ4n) is 2.34. The topological polar surface area (TPSA) is 49.4 Å². The molecule has 2 aromatic carbocycles. The second-order valence-corrected chi connectivity index (χ2v) is 4.78. The molecule has 2 amide bonds. The quantitative estimate of drug-likeness (QED) is 0.678. The van der Waals surface area contributed by atoms with Gasteiger partial charge < -0.3 is 0 Å². The Morgan fingerprint density at radius 3 is 2.10 bits per heavy atom. The van der Waals surface area contributed by atoms with Crippen molar-refractivity contribution in [2.75, 3.05) is 5.01 Å². The standard InChI is InChI=1S/C17H14N2O2/c1-12(13-8-4-2-5-9-13)15-16(20)18-19(17(15)21)14-10-6-3-7-11-14/h2-11H,1H3,(H,18,20)/b15-12+. The van der Waals surface area contributed by atoms with Crippen molar-refractivity contribution in [2.24, 2.45) is 0 Å². The molecule has 0 atom stereocenters. The van der Waals surface area contributed by atoms with E-state index in [-0.39, 0.29) is 17.4 Å². The summed E-state index contributed by atoms with van der Waals surface area (Å²) >= 11 is 0. The monoisotopic (exact) mass is 278 g/mol. The van der Waals surface area contributed by atoms with E-state index < -0.39 is 0 Å². The average molecular weight is 278 g/mol. The summed E-state index contributed by atoms with van der Waals surface area (Å²) in [5, 5.41) is 1.28. The maximum atomic E-state index is 12.5. The van der Waals surface area contributed by atoms with Gasteiger partial charge in [0.2, 0.25) is 0 Å². The van der Waals surface area contributed by atoms with Crippen molar-refractivity contribution in [3.8, 4) is 0 Å². The van der Waals surface area contributed by atoms with Gasteiger partial charge in [0.05, 0.1) is 5.69 Å². The van der Waals surface area contributed by atoms with Crippen LogP contribution in [0.1, 0.15) is 12.5 Å². The first-order chi connectivity index (χ1) is 10.2. The molecule has 0 radical (unpaired) electrons. The Morgan fingerprint density at radius 2 is 1.48 bits per heavy atom. The van der Waals surface area contributed by atoms with E-state index in [2.05, 4.69) is 5.43 Å². The minimum atomic E-state index is -0.370. The molecule has 1 fully saturated rings. The molecule has 0 saturated carbocycles. The third-order valence-electron chi connectivity index (χ3n) is 3.45. The van der Waals surface area contributed by atoms with E-state index in [1.807, 2.05) is 48.5 Å². The molecule has 3 rings (SSSR count). The number of nitrogens with zero attached hydrogens (tertiary/aromatic N) is 1. The van der Waals surface area contributed by atoms with Crippen molar-refractivity contribution in [3.05, 3.63) is 71.8 Å². The Labute approximate surface area is 122 Å². The van der Waals surface area contributed by atoms with E-state index in [1.165, 1.54) is 5.01 Å². The van der Waals surface area contributed by atoms with E-state index in [1.54, 1.807) is 19.1 Å². The Kier molecular flexibility index (Phi) is 3.28. The van der Waals surface area contributed by atoms with Crippen LogP contribution in [0.5, 0.6) is 0 Å². The summed E-state index contributed by atoms with van der Waals surface area (Å²) in [6.45, 7) is 1.79. The van der Waals surface area contributed by atoms with Gasteiger partial charge >= 0.3 is 0 Å². The molecule has 1 heterocycles. The highest BCUT2D eigenvalue weighted by Gasteiger charge is 2.36. The van der Waals surface area contributed by atoms with Crippen molar-refractivity contribution in [1.82, 2.24) is 5.43 Å². The molecule has 21 heavy (non-hydrogen) atoms. The predicted molar refractivity (Wildman–Crippen MR) is 81.1 cm³/mol. The summed E-state index contributed by atoms with van der Waals surface area (Å²) in [5.41, 5.74) is 4.98. The number of carbonyl (C=O) groups excluding carboxylic acids is 2. The van der Waals surface area contributed by atoms with Gasteiger partial charge in [-0.2, -0.15) is 0 Å². The molecular weight excluding hydrogens is 264 g/mol. The van der Waals surface area contributed by atoms with Crippen molar-refractivity contribution >= 4 is 23.1 Å². The van der Waals surface area contributed by atoms with Gasteiger partial charge in [0.25, 0.3) is 11.8 Å².